The van der Waals surface area contributed by atoms with Gasteiger partial charge < -0.3 is 9.84 Å². The highest BCUT2D eigenvalue weighted by Crippen LogP contribution is 2.35. The Morgan fingerprint density at radius 3 is 2.19 bits per heavy atom. The van der Waals surface area contributed by atoms with Gasteiger partial charge in [-0.25, -0.2) is 4.79 Å². The summed E-state index contributed by atoms with van der Waals surface area (Å²) >= 11 is 0. The van der Waals surface area contributed by atoms with Gasteiger partial charge in [-0.1, -0.05) is 76.3 Å². The first-order chi connectivity index (χ1) is 14.6. The summed E-state index contributed by atoms with van der Waals surface area (Å²) in [6.07, 6.45) is 17.7. The molecule has 1 aromatic rings. The molecule has 0 unspecified atom stereocenters. The van der Waals surface area contributed by atoms with E-state index in [2.05, 4.69) is 64.2 Å². The standard InChI is InChI=1S/C28H38O3/c1-6-31-21-7-8-23-15-17-27(2,3)19-20-28(4,5)18-16-24(23)12-9-22-10-13-25(14-11-22)26(29)30/h9-18H,6-8,19-21H2,1-5H3,(H,29,30). The average molecular weight is 423 g/mol. The number of benzene rings is 1. The van der Waals surface area contributed by atoms with E-state index >= 15 is 0 Å². The van der Waals surface area contributed by atoms with E-state index in [-0.39, 0.29) is 10.8 Å². The Kier molecular flexibility index (Phi) is 9.06. The molecular formula is C28H38O3. The maximum Gasteiger partial charge on any atom is 0.335 e. The molecule has 1 N–H and O–H groups in total. The molecule has 1 aliphatic rings. The minimum Gasteiger partial charge on any atom is -0.478 e. The van der Waals surface area contributed by atoms with Gasteiger partial charge in [-0.05, 0) is 72.3 Å². The largest absolute Gasteiger partial charge is 0.478 e. The summed E-state index contributed by atoms with van der Waals surface area (Å²) in [5, 5.41) is 9.11. The fraction of sp³-hybridized carbons (Fsp3) is 0.464. The van der Waals surface area contributed by atoms with E-state index in [0.29, 0.717) is 5.56 Å². The fourth-order valence-electron chi connectivity index (χ4n) is 3.48. The molecule has 1 aliphatic carbocycles. The van der Waals surface area contributed by atoms with Crippen molar-refractivity contribution in [2.75, 3.05) is 13.2 Å². The molecule has 31 heavy (non-hydrogen) atoms. The summed E-state index contributed by atoms with van der Waals surface area (Å²) in [6.45, 7) is 12.7. The molecule has 0 fully saturated rings. The Hall–Kier alpha value is -2.39. The number of carboxylic acid groups (broad SMARTS) is 1. The second kappa shape index (κ2) is 11.3. The van der Waals surface area contributed by atoms with Crippen LogP contribution in [0.3, 0.4) is 0 Å². The second-order valence-corrected chi connectivity index (χ2v) is 9.69. The van der Waals surface area contributed by atoms with Crippen LogP contribution in [-0.2, 0) is 4.74 Å². The quantitative estimate of drug-likeness (QED) is 0.442. The third-order valence-corrected chi connectivity index (χ3v) is 5.79. The first-order valence-corrected chi connectivity index (χ1v) is 11.3. The van der Waals surface area contributed by atoms with Crippen molar-refractivity contribution in [1.82, 2.24) is 0 Å². The predicted molar refractivity (Wildman–Crippen MR) is 130 cm³/mol. The Balaban J connectivity index is 2.41. The molecule has 168 valence electrons. The molecule has 0 amide bonds. The highest BCUT2D eigenvalue weighted by molar-refractivity contribution is 5.87. The molecule has 3 heteroatoms. The molecule has 0 radical (unpaired) electrons. The Morgan fingerprint density at radius 1 is 1.00 bits per heavy atom. The highest BCUT2D eigenvalue weighted by Gasteiger charge is 2.22. The van der Waals surface area contributed by atoms with E-state index in [1.54, 1.807) is 12.1 Å². The van der Waals surface area contributed by atoms with Gasteiger partial charge in [-0.15, -0.1) is 0 Å². The molecule has 2 rings (SSSR count). The maximum atomic E-state index is 11.1. The molecule has 0 spiro atoms. The third kappa shape index (κ3) is 8.70. The van der Waals surface area contributed by atoms with Crippen LogP contribution in [0.25, 0.3) is 6.08 Å². The van der Waals surface area contributed by atoms with Gasteiger partial charge in [0.15, 0.2) is 0 Å². The van der Waals surface area contributed by atoms with Gasteiger partial charge in [0.2, 0.25) is 0 Å². The lowest BCUT2D eigenvalue weighted by molar-refractivity contribution is 0.0697. The van der Waals surface area contributed by atoms with Crippen molar-refractivity contribution in [2.24, 2.45) is 10.8 Å². The first kappa shape index (κ1) is 24.9. The van der Waals surface area contributed by atoms with Crippen LogP contribution in [0.2, 0.25) is 0 Å². The van der Waals surface area contributed by atoms with Gasteiger partial charge in [-0.2, -0.15) is 0 Å². The number of ether oxygens (including phenoxy) is 1. The zero-order chi connectivity index (χ0) is 22.9. The number of allylic oxidation sites excluding steroid dienone is 7. The van der Waals surface area contributed by atoms with Crippen molar-refractivity contribution in [2.45, 2.75) is 60.3 Å². The molecule has 0 aliphatic heterocycles. The summed E-state index contributed by atoms with van der Waals surface area (Å²) in [5.74, 6) is -0.903. The van der Waals surface area contributed by atoms with Crippen LogP contribution < -0.4 is 0 Å². The van der Waals surface area contributed by atoms with E-state index in [1.807, 2.05) is 19.1 Å². The van der Waals surface area contributed by atoms with E-state index < -0.39 is 5.97 Å². The smallest absolute Gasteiger partial charge is 0.335 e. The van der Waals surface area contributed by atoms with Crippen LogP contribution in [0, 0.1) is 10.8 Å². The minimum atomic E-state index is -0.903. The third-order valence-electron chi connectivity index (χ3n) is 5.79. The van der Waals surface area contributed by atoms with Gasteiger partial charge in [0.05, 0.1) is 5.56 Å². The first-order valence-electron chi connectivity index (χ1n) is 11.3. The van der Waals surface area contributed by atoms with E-state index in [0.717, 1.165) is 44.5 Å². The SMILES string of the molecule is CCOCCCC1=C(C=Cc2ccc(C(=O)O)cc2)C=CC(C)(C)CCC(C)(C)C=C1. The van der Waals surface area contributed by atoms with Crippen molar-refractivity contribution in [3.05, 3.63) is 76.9 Å². The molecule has 0 saturated carbocycles. The molecule has 0 bridgehead atoms. The number of aromatic carboxylic acids is 1. The molecule has 3 nitrogen and oxygen atoms in total. The number of hydrogen-bond acceptors (Lipinski definition) is 2. The number of rotatable bonds is 8. The number of hydrogen-bond donors (Lipinski definition) is 1. The molecular weight excluding hydrogens is 384 g/mol. The van der Waals surface area contributed by atoms with Crippen LogP contribution >= 0.6 is 0 Å². The van der Waals surface area contributed by atoms with Crippen molar-refractivity contribution in [3.8, 4) is 0 Å². The highest BCUT2D eigenvalue weighted by atomic mass is 16.5. The van der Waals surface area contributed by atoms with Gasteiger partial charge in [-0.3, -0.25) is 0 Å². The Bertz CT molecular complexity index is 849. The lowest BCUT2D eigenvalue weighted by Gasteiger charge is -2.28. The van der Waals surface area contributed by atoms with Crippen LogP contribution in [-0.4, -0.2) is 24.3 Å². The van der Waals surface area contributed by atoms with Crippen molar-refractivity contribution < 1.29 is 14.6 Å². The summed E-state index contributed by atoms with van der Waals surface area (Å²) in [7, 11) is 0. The van der Waals surface area contributed by atoms with Gasteiger partial charge in [0, 0.05) is 13.2 Å². The summed E-state index contributed by atoms with van der Waals surface area (Å²) in [6, 6.07) is 6.99. The van der Waals surface area contributed by atoms with Gasteiger partial charge in [0.1, 0.15) is 0 Å². The number of carbonyl (C=O) groups is 1. The van der Waals surface area contributed by atoms with E-state index in [1.165, 1.54) is 11.1 Å². The lowest BCUT2D eigenvalue weighted by Crippen LogP contribution is -2.15. The topological polar surface area (TPSA) is 46.5 Å². The molecule has 0 aromatic heterocycles. The van der Waals surface area contributed by atoms with Crippen molar-refractivity contribution in [1.29, 1.82) is 0 Å². The van der Waals surface area contributed by atoms with Gasteiger partial charge in [0.25, 0.3) is 0 Å². The monoisotopic (exact) mass is 422 g/mol. The van der Waals surface area contributed by atoms with Crippen LogP contribution in [0.5, 0.6) is 0 Å². The van der Waals surface area contributed by atoms with Gasteiger partial charge >= 0.3 is 5.97 Å². The van der Waals surface area contributed by atoms with Crippen molar-refractivity contribution in [3.63, 3.8) is 0 Å². The predicted octanol–water partition coefficient (Wildman–Crippen LogP) is 7.47. The van der Waals surface area contributed by atoms with E-state index in [4.69, 9.17) is 9.84 Å². The fourth-order valence-corrected chi connectivity index (χ4v) is 3.48. The lowest BCUT2D eigenvalue weighted by atomic mass is 9.77. The second-order valence-electron chi connectivity index (χ2n) is 9.69. The maximum absolute atomic E-state index is 11.1. The zero-order valence-corrected chi connectivity index (χ0v) is 19.8. The number of carboxylic acids is 1. The molecule has 0 atom stereocenters. The molecule has 1 aromatic carbocycles. The summed E-state index contributed by atoms with van der Waals surface area (Å²) < 4.78 is 5.56. The normalized spacial score (nSPS) is 18.5. The Morgan fingerprint density at radius 2 is 1.61 bits per heavy atom. The molecule has 0 saturated heterocycles. The molecule has 0 heterocycles. The summed E-state index contributed by atoms with van der Waals surface area (Å²) in [4.78, 5) is 11.1. The Labute approximate surface area is 188 Å². The average Bonchev–Trinajstić information content (AvgIpc) is 2.72. The zero-order valence-electron chi connectivity index (χ0n) is 19.8. The van der Waals surface area contributed by atoms with E-state index in [9.17, 15) is 4.79 Å². The van der Waals surface area contributed by atoms with Crippen molar-refractivity contribution >= 4 is 12.0 Å². The van der Waals surface area contributed by atoms with Crippen LogP contribution in [0.4, 0.5) is 0 Å². The summed E-state index contributed by atoms with van der Waals surface area (Å²) in [5.41, 5.74) is 4.07. The van der Waals surface area contributed by atoms with Crippen LogP contribution in [0.1, 0.15) is 76.2 Å². The minimum absolute atomic E-state index is 0.126. The van der Waals surface area contributed by atoms with Crippen LogP contribution in [0.15, 0.2) is 65.8 Å².